The quantitative estimate of drug-likeness (QED) is 0.875. The Bertz CT molecular complexity index is 461. The first kappa shape index (κ1) is 13.9. The zero-order chi connectivity index (χ0) is 13.7. The van der Waals surface area contributed by atoms with Gasteiger partial charge in [-0.2, -0.15) is 5.26 Å². The fraction of sp³-hybridized carbons (Fsp3) is 0.533. The molecule has 0 bridgehead atoms. The topological polar surface area (TPSA) is 48.3 Å². The molecule has 102 valence electrons. The zero-order valence-electron chi connectivity index (χ0n) is 11.6. The second kappa shape index (κ2) is 6.55. The summed E-state index contributed by atoms with van der Waals surface area (Å²) in [4.78, 5) is 2.30. The lowest BCUT2D eigenvalue weighted by atomic mass is 10.1. The summed E-state index contributed by atoms with van der Waals surface area (Å²) in [7, 11) is 3.71. The summed E-state index contributed by atoms with van der Waals surface area (Å²) < 4.78 is 5.16. The average Bonchev–Trinajstić information content (AvgIpc) is 2.91. The maximum absolute atomic E-state index is 9.08. The number of nitrogens with zero attached hydrogens (tertiary/aromatic N) is 2. The summed E-state index contributed by atoms with van der Waals surface area (Å²) in [6.07, 6.45) is 2.54. The van der Waals surface area contributed by atoms with Crippen molar-refractivity contribution in [1.82, 2.24) is 10.2 Å². The van der Waals surface area contributed by atoms with Crippen molar-refractivity contribution in [3.8, 4) is 11.8 Å². The van der Waals surface area contributed by atoms with E-state index in [2.05, 4.69) is 23.3 Å². The van der Waals surface area contributed by atoms with Crippen LogP contribution in [0.25, 0.3) is 0 Å². The van der Waals surface area contributed by atoms with Crippen molar-refractivity contribution in [3.63, 3.8) is 0 Å². The molecule has 0 spiro atoms. The molecule has 2 rings (SSSR count). The van der Waals surface area contributed by atoms with Crippen LogP contribution in [-0.4, -0.2) is 38.2 Å². The lowest BCUT2D eigenvalue weighted by molar-refractivity contribution is 0.293. The molecule has 1 aliphatic rings. The van der Waals surface area contributed by atoms with E-state index in [0.29, 0.717) is 17.4 Å². The molecule has 1 aromatic rings. The first-order valence-corrected chi connectivity index (χ1v) is 6.72. The van der Waals surface area contributed by atoms with Crippen molar-refractivity contribution in [3.05, 3.63) is 29.3 Å². The van der Waals surface area contributed by atoms with E-state index in [0.717, 1.165) is 25.2 Å². The van der Waals surface area contributed by atoms with Crippen LogP contribution in [0.5, 0.6) is 5.75 Å². The SMILES string of the molecule is COc1ccc(CN(C)CC2CCCN2)cc1C#N. The van der Waals surface area contributed by atoms with Gasteiger partial charge in [0.2, 0.25) is 0 Å². The second-order valence-corrected chi connectivity index (χ2v) is 5.14. The van der Waals surface area contributed by atoms with Gasteiger partial charge in [0, 0.05) is 19.1 Å². The highest BCUT2D eigenvalue weighted by Crippen LogP contribution is 2.19. The standard InChI is InChI=1S/C15H21N3O/c1-18(11-14-4-3-7-17-14)10-12-5-6-15(19-2)13(8-12)9-16/h5-6,8,14,17H,3-4,7,10-11H2,1-2H3. The molecule has 0 saturated carbocycles. The molecule has 1 aromatic carbocycles. The van der Waals surface area contributed by atoms with E-state index in [1.165, 1.54) is 12.8 Å². The molecule has 4 nitrogen and oxygen atoms in total. The molecule has 1 N–H and O–H groups in total. The van der Waals surface area contributed by atoms with Gasteiger partial charge in [-0.15, -0.1) is 0 Å². The maximum Gasteiger partial charge on any atom is 0.136 e. The third-order valence-corrected chi connectivity index (χ3v) is 3.53. The molecular weight excluding hydrogens is 238 g/mol. The van der Waals surface area contributed by atoms with Crippen LogP contribution in [0.3, 0.4) is 0 Å². The first-order chi connectivity index (χ1) is 9.22. The van der Waals surface area contributed by atoms with E-state index < -0.39 is 0 Å². The Hall–Kier alpha value is -1.57. The van der Waals surface area contributed by atoms with Crippen molar-refractivity contribution in [1.29, 1.82) is 5.26 Å². The normalized spacial score (nSPS) is 18.5. The van der Waals surface area contributed by atoms with Gasteiger partial charge in [-0.1, -0.05) is 6.07 Å². The molecule has 0 aliphatic carbocycles. The number of benzene rings is 1. The fourth-order valence-corrected chi connectivity index (χ4v) is 2.61. The van der Waals surface area contributed by atoms with Gasteiger partial charge < -0.3 is 15.0 Å². The minimum absolute atomic E-state index is 0.604. The summed E-state index contributed by atoms with van der Waals surface area (Å²) in [6.45, 7) is 3.05. The number of hydrogen-bond acceptors (Lipinski definition) is 4. The highest BCUT2D eigenvalue weighted by atomic mass is 16.5. The number of likely N-dealkylation sites (N-methyl/N-ethyl adjacent to an activating group) is 1. The number of nitrogens with one attached hydrogen (secondary N) is 1. The number of hydrogen-bond donors (Lipinski definition) is 1. The van der Waals surface area contributed by atoms with Crippen molar-refractivity contribution >= 4 is 0 Å². The van der Waals surface area contributed by atoms with E-state index in [4.69, 9.17) is 10.00 Å². The van der Waals surface area contributed by atoms with Crippen LogP contribution in [-0.2, 0) is 6.54 Å². The summed E-state index contributed by atoms with van der Waals surface area (Å²) in [5.74, 6) is 0.645. The number of methoxy groups -OCH3 is 1. The molecule has 1 saturated heterocycles. The van der Waals surface area contributed by atoms with Gasteiger partial charge in [-0.05, 0) is 44.1 Å². The van der Waals surface area contributed by atoms with Crippen LogP contribution in [0, 0.1) is 11.3 Å². The summed E-state index contributed by atoms with van der Waals surface area (Å²) >= 11 is 0. The molecule has 1 unspecified atom stereocenters. The van der Waals surface area contributed by atoms with Crippen molar-refractivity contribution < 1.29 is 4.74 Å². The Balaban J connectivity index is 1.96. The first-order valence-electron chi connectivity index (χ1n) is 6.72. The predicted octanol–water partition coefficient (Wildman–Crippen LogP) is 1.75. The molecule has 0 amide bonds. The van der Waals surface area contributed by atoms with Crippen LogP contribution in [0.4, 0.5) is 0 Å². The molecule has 0 aromatic heterocycles. The minimum Gasteiger partial charge on any atom is -0.495 e. The Morgan fingerprint density at radius 1 is 1.53 bits per heavy atom. The van der Waals surface area contributed by atoms with Crippen molar-refractivity contribution in [2.45, 2.75) is 25.4 Å². The van der Waals surface area contributed by atoms with Crippen LogP contribution < -0.4 is 10.1 Å². The molecule has 1 fully saturated rings. The summed E-state index contributed by atoms with van der Waals surface area (Å²) in [5.41, 5.74) is 1.75. The molecule has 4 heteroatoms. The highest BCUT2D eigenvalue weighted by Gasteiger charge is 2.16. The number of rotatable bonds is 5. The lowest BCUT2D eigenvalue weighted by Gasteiger charge is -2.21. The minimum atomic E-state index is 0.604. The van der Waals surface area contributed by atoms with Crippen LogP contribution in [0.2, 0.25) is 0 Å². The van der Waals surface area contributed by atoms with Gasteiger partial charge in [0.25, 0.3) is 0 Å². The lowest BCUT2D eigenvalue weighted by Crippen LogP contribution is -2.34. The highest BCUT2D eigenvalue weighted by molar-refractivity contribution is 5.45. The van der Waals surface area contributed by atoms with Crippen molar-refractivity contribution in [2.75, 3.05) is 27.2 Å². The van der Waals surface area contributed by atoms with E-state index in [-0.39, 0.29) is 0 Å². The van der Waals surface area contributed by atoms with Gasteiger partial charge >= 0.3 is 0 Å². The predicted molar refractivity (Wildman–Crippen MR) is 75.1 cm³/mol. The molecule has 0 radical (unpaired) electrons. The van der Waals surface area contributed by atoms with E-state index in [9.17, 15) is 0 Å². The summed E-state index contributed by atoms with van der Waals surface area (Å²) in [6, 6.07) is 8.60. The van der Waals surface area contributed by atoms with E-state index in [1.807, 2.05) is 18.2 Å². The monoisotopic (exact) mass is 259 g/mol. The number of ether oxygens (including phenoxy) is 1. The number of nitriles is 1. The average molecular weight is 259 g/mol. The molecule has 1 aliphatic heterocycles. The largest absolute Gasteiger partial charge is 0.495 e. The maximum atomic E-state index is 9.08. The van der Waals surface area contributed by atoms with E-state index >= 15 is 0 Å². The molecule has 1 heterocycles. The van der Waals surface area contributed by atoms with Crippen molar-refractivity contribution in [2.24, 2.45) is 0 Å². The Labute approximate surface area is 115 Å². The zero-order valence-corrected chi connectivity index (χ0v) is 11.6. The third-order valence-electron chi connectivity index (χ3n) is 3.53. The molecule has 19 heavy (non-hydrogen) atoms. The molecule has 1 atom stereocenters. The second-order valence-electron chi connectivity index (χ2n) is 5.14. The van der Waals surface area contributed by atoms with Gasteiger partial charge in [0.1, 0.15) is 11.8 Å². The molecular formula is C15H21N3O. The Morgan fingerprint density at radius 3 is 3.00 bits per heavy atom. The Kier molecular flexibility index (Phi) is 4.78. The van der Waals surface area contributed by atoms with Crippen LogP contribution in [0.15, 0.2) is 18.2 Å². The summed E-state index contributed by atoms with van der Waals surface area (Å²) in [5, 5.41) is 12.6. The Morgan fingerprint density at radius 2 is 2.37 bits per heavy atom. The van der Waals surface area contributed by atoms with Gasteiger partial charge in [0.05, 0.1) is 12.7 Å². The van der Waals surface area contributed by atoms with Gasteiger partial charge in [-0.3, -0.25) is 0 Å². The van der Waals surface area contributed by atoms with E-state index in [1.54, 1.807) is 7.11 Å². The van der Waals surface area contributed by atoms with Crippen LogP contribution in [0.1, 0.15) is 24.0 Å². The van der Waals surface area contributed by atoms with Gasteiger partial charge in [-0.25, -0.2) is 0 Å². The third kappa shape index (κ3) is 3.69. The van der Waals surface area contributed by atoms with Gasteiger partial charge in [0.15, 0.2) is 0 Å². The smallest absolute Gasteiger partial charge is 0.136 e. The fourth-order valence-electron chi connectivity index (χ4n) is 2.61. The van der Waals surface area contributed by atoms with Crippen LogP contribution >= 0.6 is 0 Å².